The summed E-state index contributed by atoms with van der Waals surface area (Å²) in [5.41, 5.74) is 5.88. The SMILES string of the molecule is Cc1ccc(-c2ccc(-c3ccc(CCC(=O)O)cc3)nn2)cc1. The van der Waals surface area contributed by atoms with E-state index in [1.807, 2.05) is 48.5 Å². The quantitative estimate of drug-likeness (QED) is 0.768. The van der Waals surface area contributed by atoms with Gasteiger partial charge in [0, 0.05) is 17.5 Å². The zero-order valence-electron chi connectivity index (χ0n) is 13.4. The summed E-state index contributed by atoms with van der Waals surface area (Å²) in [5.74, 6) is -0.781. The van der Waals surface area contributed by atoms with Crippen LogP contribution in [-0.4, -0.2) is 21.3 Å². The predicted molar refractivity (Wildman–Crippen MR) is 93.6 cm³/mol. The molecule has 0 bridgehead atoms. The van der Waals surface area contributed by atoms with Gasteiger partial charge in [0.15, 0.2) is 0 Å². The Morgan fingerprint density at radius 2 is 1.33 bits per heavy atom. The van der Waals surface area contributed by atoms with Crippen LogP contribution in [0.3, 0.4) is 0 Å². The summed E-state index contributed by atoms with van der Waals surface area (Å²) in [5, 5.41) is 17.3. The van der Waals surface area contributed by atoms with E-state index in [0.717, 1.165) is 28.1 Å². The molecule has 120 valence electrons. The largest absolute Gasteiger partial charge is 0.481 e. The maximum Gasteiger partial charge on any atom is 0.303 e. The molecule has 0 radical (unpaired) electrons. The van der Waals surface area contributed by atoms with Crippen molar-refractivity contribution in [1.82, 2.24) is 10.2 Å². The minimum absolute atomic E-state index is 0.143. The average Bonchev–Trinajstić information content (AvgIpc) is 2.61. The molecular formula is C20H18N2O2. The van der Waals surface area contributed by atoms with Gasteiger partial charge in [0.1, 0.15) is 0 Å². The first kappa shape index (κ1) is 15.9. The van der Waals surface area contributed by atoms with Gasteiger partial charge in [-0.1, -0.05) is 54.1 Å². The van der Waals surface area contributed by atoms with Gasteiger partial charge in [0.05, 0.1) is 11.4 Å². The Labute approximate surface area is 140 Å². The number of hydrogen-bond donors (Lipinski definition) is 1. The number of aliphatic carboxylic acids is 1. The fourth-order valence-corrected chi connectivity index (χ4v) is 2.46. The first-order chi connectivity index (χ1) is 11.6. The Kier molecular flexibility index (Phi) is 4.66. The molecule has 1 aromatic heterocycles. The first-order valence-electron chi connectivity index (χ1n) is 7.84. The zero-order chi connectivity index (χ0) is 16.9. The molecule has 4 heteroatoms. The van der Waals surface area contributed by atoms with Gasteiger partial charge in [0.2, 0.25) is 0 Å². The van der Waals surface area contributed by atoms with E-state index in [4.69, 9.17) is 5.11 Å². The van der Waals surface area contributed by atoms with Crippen molar-refractivity contribution in [2.75, 3.05) is 0 Å². The first-order valence-corrected chi connectivity index (χ1v) is 7.84. The highest BCUT2D eigenvalue weighted by Crippen LogP contribution is 2.21. The van der Waals surface area contributed by atoms with E-state index in [-0.39, 0.29) is 6.42 Å². The second-order valence-electron chi connectivity index (χ2n) is 5.76. The Hall–Kier alpha value is -3.01. The monoisotopic (exact) mass is 318 g/mol. The van der Waals surface area contributed by atoms with Gasteiger partial charge in [-0.3, -0.25) is 4.79 Å². The summed E-state index contributed by atoms with van der Waals surface area (Å²) < 4.78 is 0. The molecule has 4 nitrogen and oxygen atoms in total. The minimum Gasteiger partial charge on any atom is -0.481 e. The van der Waals surface area contributed by atoms with E-state index in [9.17, 15) is 4.79 Å². The van der Waals surface area contributed by atoms with Gasteiger partial charge in [-0.2, -0.15) is 0 Å². The second kappa shape index (κ2) is 7.04. The smallest absolute Gasteiger partial charge is 0.303 e. The summed E-state index contributed by atoms with van der Waals surface area (Å²) in [6.45, 7) is 2.05. The van der Waals surface area contributed by atoms with Crippen molar-refractivity contribution in [3.63, 3.8) is 0 Å². The molecule has 3 rings (SSSR count). The third-order valence-electron chi connectivity index (χ3n) is 3.89. The fourth-order valence-electron chi connectivity index (χ4n) is 2.46. The molecule has 3 aromatic rings. The van der Waals surface area contributed by atoms with Crippen LogP contribution in [0.5, 0.6) is 0 Å². The topological polar surface area (TPSA) is 63.1 Å². The van der Waals surface area contributed by atoms with Gasteiger partial charge < -0.3 is 5.11 Å². The zero-order valence-corrected chi connectivity index (χ0v) is 13.4. The van der Waals surface area contributed by atoms with Gasteiger partial charge in [-0.15, -0.1) is 10.2 Å². The molecule has 2 aromatic carbocycles. The number of nitrogens with zero attached hydrogens (tertiary/aromatic N) is 2. The van der Waals surface area contributed by atoms with Crippen molar-refractivity contribution in [3.8, 4) is 22.5 Å². The number of hydrogen-bond acceptors (Lipinski definition) is 3. The molecule has 0 fully saturated rings. The fraction of sp³-hybridized carbons (Fsp3) is 0.150. The van der Waals surface area contributed by atoms with E-state index in [1.54, 1.807) is 0 Å². The van der Waals surface area contributed by atoms with Crippen LogP contribution in [0.1, 0.15) is 17.5 Å². The molecule has 1 N–H and O–H groups in total. The molecule has 0 atom stereocenters. The number of carboxylic acids is 1. The summed E-state index contributed by atoms with van der Waals surface area (Å²) >= 11 is 0. The van der Waals surface area contributed by atoms with Crippen LogP contribution >= 0.6 is 0 Å². The van der Waals surface area contributed by atoms with Crippen LogP contribution < -0.4 is 0 Å². The lowest BCUT2D eigenvalue weighted by Crippen LogP contribution is -1.97. The van der Waals surface area contributed by atoms with Gasteiger partial charge >= 0.3 is 5.97 Å². The van der Waals surface area contributed by atoms with Crippen LogP contribution in [-0.2, 0) is 11.2 Å². The van der Waals surface area contributed by atoms with E-state index in [1.165, 1.54) is 5.56 Å². The van der Waals surface area contributed by atoms with Crippen molar-refractivity contribution < 1.29 is 9.90 Å². The lowest BCUT2D eigenvalue weighted by Gasteiger charge is -2.05. The molecule has 0 aliphatic heterocycles. The maximum atomic E-state index is 10.6. The maximum absolute atomic E-state index is 10.6. The third kappa shape index (κ3) is 3.84. The number of carbonyl (C=O) groups is 1. The predicted octanol–water partition coefficient (Wildman–Crippen LogP) is 4.14. The van der Waals surface area contributed by atoms with E-state index >= 15 is 0 Å². The van der Waals surface area contributed by atoms with Crippen LogP contribution in [0.15, 0.2) is 60.7 Å². The van der Waals surface area contributed by atoms with E-state index < -0.39 is 5.97 Å². The Bertz CT molecular complexity index is 823. The van der Waals surface area contributed by atoms with E-state index in [2.05, 4.69) is 29.3 Å². The Morgan fingerprint density at radius 1 is 0.833 bits per heavy atom. The second-order valence-corrected chi connectivity index (χ2v) is 5.76. The summed E-state index contributed by atoms with van der Waals surface area (Å²) in [7, 11) is 0. The van der Waals surface area contributed by atoms with Crippen molar-refractivity contribution >= 4 is 5.97 Å². The number of rotatable bonds is 5. The molecule has 0 aliphatic rings. The van der Waals surface area contributed by atoms with Crippen LogP contribution in [0.4, 0.5) is 0 Å². The van der Waals surface area contributed by atoms with Crippen LogP contribution in [0, 0.1) is 6.92 Å². The lowest BCUT2D eigenvalue weighted by atomic mass is 10.0. The molecule has 0 saturated heterocycles. The number of carboxylic acid groups (broad SMARTS) is 1. The standard InChI is InChI=1S/C20H18N2O2/c1-14-2-7-16(8-3-14)18-11-12-19(22-21-18)17-9-4-15(5-10-17)6-13-20(23)24/h2-5,7-12H,6,13H2,1H3,(H,23,24). The highest BCUT2D eigenvalue weighted by atomic mass is 16.4. The molecule has 0 amide bonds. The molecule has 0 spiro atoms. The molecule has 1 heterocycles. The molecule has 0 saturated carbocycles. The number of benzene rings is 2. The summed E-state index contributed by atoms with van der Waals surface area (Å²) in [4.78, 5) is 10.6. The van der Waals surface area contributed by atoms with Gasteiger partial charge in [-0.25, -0.2) is 0 Å². The summed E-state index contributed by atoms with van der Waals surface area (Å²) in [6, 6.07) is 19.9. The van der Waals surface area contributed by atoms with Crippen LogP contribution in [0.2, 0.25) is 0 Å². The molecule has 0 aliphatic carbocycles. The molecular weight excluding hydrogens is 300 g/mol. The normalized spacial score (nSPS) is 10.5. The number of aromatic nitrogens is 2. The molecule has 0 unspecified atom stereocenters. The highest BCUT2D eigenvalue weighted by molar-refractivity contribution is 5.67. The van der Waals surface area contributed by atoms with Crippen LogP contribution in [0.25, 0.3) is 22.5 Å². The van der Waals surface area contributed by atoms with E-state index in [0.29, 0.717) is 6.42 Å². The van der Waals surface area contributed by atoms with Gasteiger partial charge in [-0.05, 0) is 31.0 Å². The highest BCUT2D eigenvalue weighted by Gasteiger charge is 2.04. The van der Waals surface area contributed by atoms with Crippen molar-refractivity contribution in [3.05, 3.63) is 71.8 Å². The summed E-state index contributed by atoms with van der Waals surface area (Å²) in [6.07, 6.45) is 0.679. The van der Waals surface area contributed by atoms with Crippen molar-refractivity contribution in [2.24, 2.45) is 0 Å². The third-order valence-corrected chi connectivity index (χ3v) is 3.89. The van der Waals surface area contributed by atoms with Crippen molar-refractivity contribution in [1.29, 1.82) is 0 Å². The van der Waals surface area contributed by atoms with Gasteiger partial charge in [0.25, 0.3) is 0 Å². The Morgan fingerprint density at radius 3 is 1.79 bits per heavy atom. The minimum atomic E-state index is -0.781. The Balaban J connectivity index is 1.75. The lowest BCUT2D eigenvalue weighted by molar-refractivity contribution is -0.136. The number of aryl methyl sites for hydroxylation is 2. The average molecular weight is 318 g/mol. The van der Waals surface area contributed by atoms with Crippen molar-refractivity contribution in [2.45, 2.75) is 19.8 Å². The molecule has 24 heavy (non-hydrogen) atoms.